The molecule has 9 heteroatoms. The summed E-state index contributed by atoms with van der Waals surface area (Å²) in [6, 6.07) is 8.91. The van der Waals surface area contributed by atoms with Gasteiger partial charge in [0.15, 0.2) is 23.9 Å². The van der Waals surface area contributed by atoms with Crippen LogP contribution in [0.1, 0.15) is 29.8 Å². The third-order valence-electron chi connectivity index (χ3n) is 4.95. The first-order valence-electron chi connectivity index (χ1n) is 9.94. The molecule has 2 N–H and O–H groups in total. The average molecular weight is 439 g/mol. The number of allylic oxidation sites excluding steroid dienone is 1. The fourth-order valence-corrected chi connectivity index (χ4v) is 3.29. The molecule has 32 heavy (non-hydrogen) atoms. The summed E-state index contributed by atoms with van der Waals surface area (Å²) in [6.45, 7) is 3.18. The molecule has 0 spiro atoms. The molecule has 1 atom stereocenters. The van der Waals surface area contributed by atoms with E-state index in [0.29, 0.717) is 28.6 Å². The Morgan fingerprint density at radius 2 is 1.91 bits per heavy atom. The molecule has 0 saturated carbocycles. The minimum atomic E-state index is -1.11. The molecule has 2 aromatic rings. The maximum Gasteiger partial charge on any atom is 0.326 e. The molecule has 0 bridgehead atoms. The van der Waals surface area contributed by atoms with Crippen LogP contribution in [0.25, 0.3) is 6.08 Å². The third-order valence-corrected chi connectivity index (χ3v) is 4.95. The normalized spacial score (nSPS) is 16.0. The number of amides is 1. The molecular weight excluding hydrogens is 418 g/mol. The number of fused-ring (bicyclic) bond motifs is 2. The lowest BCUT2D eigenvalue weighted by Crippen LogP contribution is -2.46. The van der Waals surface area contributed by atoms with Crippen LogP contribution in [0.3, 0.4) is 0 Å². The van der Waals surface area contributed by atoms with Gasteiger partial charge in [0, 0.05) is 6.07 Å². The number of ether oxygens (including phenoxy) is 4. The second-order valence-electron chi connectivity index (χ2n) is 7.63. The third kappa shape index (κ3) is 4.36. The molecule has 0 radical (unpaired) electrons. The van der Waals surface area contributed by atoms with Crippen molar-refractivity contribution in [2.24, 2.45) is 5.92 Å². The number of hydrogen-bond acceptors (Lipinski definition) is 7. The molecule has 0 aromatic heterocycles. The van der Waals surface area contributed by atoms with Gasteiger partial charge < -0.3 is 29.4 Å². The smallest absolute Gasteiger partial charge is 0.326 e. The summed E-state index contributed by atoms with van der Waals surface area (Å²) in [5.41, 5.74) is 1.09. The molecule has 0 saturated heterocycles. The molecule has 0 aliphatic carbocycles. The first-order valence-corrected chi connectivity index (χ1v) is 9.94. The number of ketones is 1. The first kappa shape index (κ1) is 21.2. The van der Waals surface area contributed by atoms with E-state index in [1.165, 1.54) is 6.07 Å². The van der Waals surface area contributed by atoms with Crippen LogP contribution in [0.15, 0.2) is 42.2 Å². The van der Waals surface area contributed by atoms with Gasteiger partial charge >= 0.3 is 5.97 Å². The van der Waals surface area contributed by atoms with Gasteiger partial charge in [-0.05, 0) is 41.8 Å². The van der Waals surface area contributed by atoms with Crippen LogP contribution in [0, 0.1) is 5.92 Å². The van der Waals surface area contributed by atoms with E-state index in [2.05, 4.69) is 5.32 Å². The average Bonchev–Trinajstić information content (AvgIpc) is 3.34. The van der Waals surface area contributed by atoms with E-state index in [1.807, 2.05) is 0 Å². The number of carbonyl (C=O) groups excluding carboxylic acids is 2. The van der Waals surface area contributed by atoms with Crippen LogP contribution in [-0.4, -0.2) is 42.2 Å². The second kappa shape index (κ2) is 8.62. The Labute approximate surface area is 183 Å². The summed E-state index contributed by atoms with van der Waals surface area (Å²) in [7, 11) is 0. The Morgan fingerprint density at radius 1 is 1.12 bits per heavy atom. The molecule has 1 amide bonds. The number of benzene rings is 2. The Hall–Kier alpha value is -4.01. The minimum absolute atomic E-state index is 0.148. The number of carbonyl (C=O) groups is 3. The summed E-state index contributed by atoms with van der Waals surface area (Å²) in [5, 5.41) is 11.6. The summed E-state index contributed by atoms with van der Waals surface area (Å²) in [6.07, 6.45) is 1.61. The highest BCUT2D eigenvalue weighted by Gasteiger charge is 2.28. The fraction of sp³-hybridized carbons (Fsp3) is 0.261. The Bertz CT molecular complexity index is 1120. The lowest BCUT2D eigenvalue weighted by atomic mass is 10.1. The van der Waals surface area contributed by atoms with Crippen molar-refractivity contribution in [1.82, 2.24) is 5.32 Å². The molecule has 9 nitrogen and oxygen atoms in total. The van der Waals surface area contributed by atoms with Gasteiger partial charge in [-0.3, -0.25) is 9.59 Å². The van der Waals surface area contributed by atoms with Crippen LogP contribution >= 0.6 is 0 Å². The van der Waals surface area contributed by atoms with E-state index in [9.17, 15) is 14.4 Å². The maximum atomic E-state index is 12.7. The summed E-state index contributed by atoms with van der Waals surface area (Å²) < 4.78 is 21.8. The van der Waals surface area contributed by atoms with Crippen molar-refractivity contribution in [2.45, 2.75) is 19.9 Å². The van der Waals surface area contributed by atoms with Crippen LogP contribution in [0.4, 0.5) is 0 Å². The summed E-state index contributed by atoms with van der Waals surface area (Å²) >= 11 is 0. The standard InChI is InChI=1S/C23H21NO8/c1-12(2)21(23(27)28)24-20(25)10-29-14-4-5-15-17(9-14)32-19(22(15)26)8-13-3-6-16-18(7-13)31-11-30-16/h3-9,12,21H,10-11H2,1-2H3,(H,24,25)(H,27,28)/b19-8-/t21-/m0/s1. The van der Waals surface area contributed by atoms with Gasteiger partial charge in [-0.15, -0.1) is 0 Å². The molecule has 2 aliphatic rings. The number of carboxylic acids is 1. The largest absolute Gasteiger partial charge is 0.484 e. The fourth-order valence-electron chi connectivity index (χ4n) is 3.29. The van der Waals surface area contributed by atoms with Gasteiger partial charge in [0.25, 0.3) is 5.91 Å². The number of aliphatic carboxylic acids is 1. The van der Waals surface area contributed by atoms with Gasteiger partial charge in [-0.2, -0.15) is 0 Å². The van der Waals surface area contributed by atoms with E-state index in [1.54, 1.807) is 50.3 Å². The molecule has 2 heterocycles. The van der Waals surface area contributed by atoms with E-state index < -0.39 is 17.9 Å². The van der Waals surface area contributed by atoms with Crippen LogP contribution < -0.4 is 24.3 Å². The van der Waals surface area contributed by atoms with Crippen molar-refractivity contribution < 1.29 is 38.4 Å². The molecule has 166 valence electrons. The van der Waals surface area contributed by atoms with Gasteiger partial charge in [0.1, 0.15) is 17.5 Å². The predicted molar refractivity (Wildman–Crippen MR) is 112 cm³/mol. The number of Topliss-reactive ketones (excluding diaryl/α,β-unsaturated/α-hetero) is 1. The van der Waals surface area contributed by atoms with Gasteiger partial charge in [0.05, 0.1) is 5.56 Å². The van der Waals surface area contributed by atoms with E-state index in [0.717, 1.165) is 5.56 Å². The van der Waals surface area contributed by atoms with Gasteiger partial charge in [-0.1, -0.05) is 19.9 Å². The molecule has 2 aliphatic heterocycles. The zero-order valence-electron chi connectivity index (χ0n) is 17.4. The SMILES string of the molecule is CC(C)[C@H](NC(=O)COc1ccc2c(c1)O/C(=C\c1ccc3c(c1)OCO3)C2=O)C(=O)O. The maximum absolute atomic E-state index is 12.7. The number of nitrogens with one attached hydrogen (secondary N) is 1. The topological polar surface area (TPSA) is 120 Å². The zero-order chi connectivity index (χ0) is 22.8. The van der Waals surface area contributed by atoms with Crippen molar-refractivity contribution in [3.8, 4) is 23.0 Å². The van der Waals surface area contributed by atoms with Crippen LogP contribution in [0.2, 0.25) is 0 Å². The number of carboxylic acid groups (broad SMARTS) is 1. The van der Waals surface area contributed by atoms with Crippen molar-refractivity contribution in [1.29, 1.82) is 0 Å². The monoisotopic (exact) mass is 439 g/mol. The molecular formula is C23H21NO8. The highest BCUT2D eigenvalue weighted by Crippen LogP contribution is 2.37. The van der Waals surface area contributed by atoms with Crippen LogP contribution in [0.5, 0.6) is 23.0 Å². The summed E-state index contributed by atoms with van der Waals surface area (Å²) in [4.78, 5) is 35.9. The lowest BCUT2D eigenvalue weighted by molar-refractivity contribution is -0.143. The first-order chi connectivity index (χ1) is 15.3. The number of rotatable bonds is 7. The Kier molecular flexibility index (Phi) is 5.72. The van der Waals surface area contributed by atoms with Crippen molar-refractivity contribution >= 4 is 23.7 Å². The molecule has 2 aromatic carbocycles. The second-order valence-corrected chi connectivity index (χ2v) is 7.63. The predicted octanol–water partition coefficient (Wildman–Crippen LogP) is 2.64. The highest BCUT2D eigenvalue weighted by atomic mass is 16.7. The zero-order valence-corrected chi connectivity index (χ0v) is 17.4. The van der Waals surface area contributed by atoms with E-state index in [4.69, 9.17) is 24.1 Å². The van der Waals surface area contributed by atoms with Crippen molar-refractivity contribution in [3.05, 3.63) is 53.3 Å². The van der Waals surface area contributed by atoms with Gasteiger partial charge in [0.2, 0.25) is 12.6 Å². The summed E-state index contributed by atoms with van der Waals surface area (Å²) in [5.74, 6) is -0.213. The lowest BCUT2D eigenvalue weighted by Gasteiger charge is -2.18. The van der Waals surface area contributed by atoms with Crippen molar-refractivity contribution in [3.63, 3.8) is 0 Å². The Balaban J connectivity index is 1.42. The molecule has 4 rings (SSSR count). The van der Waals surface area contributed by atoms with Gasteiger partial charge in [-0.25, -0.2) is 4.79 Å². The Morgan fingerprint density at radius 3 is 2.66 bits per heavy atom. The minimum Gasteiger partial charge on any atom is -0.484 e. The quantitative estimate of drug-likeness (QED) is 0.632. The van der Waals surface area contributed by atoms with E-state index in [-0.39, 0.29) is 30.9 Å². The molecule has 0 fully saturated rings. The highest BCUT2D eigenvalue weighted by molar-refractivity contribution is 6.14. The van der Waals surface area contributed by atoms with Crippen molar-refractivity contribution in [2.75, 3.05) is 13.4 Å². The van der Waals surface area contributed by atoms with Crippen LogP contribution in [-0.2, 0) is 9.59 Å². The molecule has 0 unspecified atom stereocenters. The van der Waals surface area contributed by atoms with E-state index >= 15 is 0 Å². The number of hydrogen-bond donors (Lipinski definition) is 2.